The number of hydrogen-bond acceptors (Lipinski definition) is 9. The van der Waals surface area contributed by atoms with E-state index in [4.69, 9.17) is 5.21 Å². The Balaban J connectivity index is 4.12. The van der Waals surface area contributed by atoms with E-state index in [1.807, 2.05) is 0 Å². The van der Waals surface area contributed by atoms with Gasteiger partial charge in [0.1, 0.15) is 20.0 Å². The van der Waals surface area contributed by atoms with Crippen LogP contribution in [0.5, 0.6) is 0 Å². The highest BCUT2D eigenvalue weighted by molar-refractivity contribution is 5.85. The number of nitrogens with zero attached hydrogens (tertiary/aromatic N) is 3. The van der Waals surface area contributed by atoms with Gasteiger partial charge >= 0.3 is 0 Å². The Morgan fingerprint density at radius 3 is 1.41 bits per heavy atom. The summed E-state index contributed by atoms with van der Waals surface area (Å²) in [5.74, 6) is -4.45. The fraction of sp³-hybridized carbons (Fsp3) is 0.647. The Kier molecular flexibility index (Phi) is 13.1. The average Bonchev–Trinajstić information content (AvgIpc) is 2.75. The van der Waals surface area contributed by atoms with Crippen LogP contribution in [0.15, 0.2) is 0 Å². The number of amides is 6. The second kappa shape index (κ2) is 14.7. The normalized spacial score (nSPS) is 10.2. The van der Waals surface area contributed by atoms with Crippen LogP contribution in [0.1, 0.15) is 46.5 Å². The number of rotatable bonds is 13. The van der Waals surface area contributed by atoms with E-state index in [0.29, 0.717) is 0 Å². The Morgan fingerprint density at radius 2 is 1.03 bits per heavy atom. The highest BCUT2D eigenvalue weighted by Gasteiger charge is 2.17. The summed E-state index contributed by atoms with van der Waals surface area (Å²) < 4.78 is 0. The van der Waals surface area contributed by atoms with Crippen LogP contribution in [0.3, 0.4) is 0 Å². The van der Waals surface area contributed by atoms with E-state index in [9.17, 15) is 39.2 Å². The molecule has 15 nitrogen and oxygen atoms in total. The first-order valence-electron chi connectivity index (χ1n) is 9.61. The molecule has 0 spiro atoms. The molecule has 0 aromatic heterocycles. The molecule has 6 N–H and O–H groups in total. The Labute approximate surface area is 184 Å². The van der Waals surface area contributed by atoms with Crippen LogP contribution in [0.25, 0.3) is 0 Å². The van der Waals surface area contributed by atoms with Crippen LogP contribution in [-0.2, 0) is 28.8 Å². The summed E-state index contributed by atoms with van der Waals surface area (Å²) in [5, 5.41) is 35.6. The van der Waals surface area contributed by atoms with Crippen molar-refractivity contribution in [2.24, 2.45) is 5.92 Å². The second-order valence-corrected chi connectivity index (χ2v) is 6.88. The van der Waals surface area contributed by atoms with E-state index in [1.165, 1.54) is 0 Å². The summed E-state index contributed by atoms with van der Waals surface area (Å²) in [7, 11) is 0. The average molecular weight is 462 g/mol. The highest BCUT2D eigenvalue weighted by atomic mass is 16.5. The zero-order valence-electron chi connectivity index (χ0n) is 18.2. The largest absolute Gasteiger partial charge is 0.336 e. The lowest BCUT2D eigenvalue weighted by Crippen LogP contribution is -2.42. The molecule has 0 aliphatic carbocycles. The first kappa shape index (κ1) is 28.7. The smallest absolute Gasteiger partial charge is 0.248 e. The quantitative estimate of drug-likeness (QED) is 0.102. The van der Waals surface area contributed by atoms with Crippen LogP contribution in [0, 0.1) is 5.92 Å². The molecule has 0 aliphatic rings. The monoisotopic (exact) mass is 462 g/mol. The number of hydroxylamine groups is 6. The van der Waals surface area contributed by atoms with Crippen molar-refractivity contribution in [1.82, 2.24) is 31.1 Å². The van der Waals surface area contributed by atoms with E-state index >= 15 is 0 Å². The van der Waals surface area contributed by atoms with Gasteiger partial charge in [-0.3, -0.25) is 44.4 Å². The first-order valence-corrected chi connectivity index (χ1v) is 9.61. The van der Waals surface area contributed by atoms with Gasteiger partial charge in [-0.1, -0.05) is 13.8 Å². The minimum atomic E-state index is -0.883. The molecule has 32 heavy (non-hydrogen) atoms. The van der Waals surface area contributed by atoms with Gasteiger partial charge in [-0.15, -0.1) is 0 Å². The molecular weight excluding hydrogens is 432 g/mol. The maximum absolute atomic E-state index is 11.7. The third-order valence-electron chi connectivity index (χ3n) is 3.85. The SMILES string of the molecule is CC(=O)N(O)CNC(=O)CCC(=O)N(O)CNC(=O)CCC(=O)N(O)CNC(=O)C(C)C. The van der Waals surface area contributed by atoms with Gasteiger partial charge in [0, 0.05) is 38.5 Å². The molecule has 0 fully saturated rings. The second-order valence-electron chi connectivity index (χ2n) is 6.88. The van der Waals surface area contributed by atoms with Crippen molar-refractivity contribution in [3.63, 3.8) is 0 Å². The predicted octanol–water partition coefficient (Wildman–Crippen LogP) is -1.90. The van der Waals surface area contributed by atoms with Crippen LogP contribution < -0.4 is 16.0 Å². The molecule has 15 heteroatoms. The van der Waals surface area contributed by atoms with Crippen molar-refractivity contribution < 1.29 is 44.4 Å². The molecule has 0 aromatic carbocycles. The van der Waals surface area contributed by atoms with Crippen LogP contribution >= 0.6 is 0 Å². The van der Waals surface area contributed by atoms with Gasteiger partial charge in [-0.05, 0) is 0 Å². The number of nitrogens with one attached hydrogen (secondary N) is 3. The summed E-state index contributed by atoms with van der Waals surface area (Å²) in [4.78, 5) is 68.9. The lowest BCUT2D eigenvalue weighted by Gasteiger charge is -2.17. The minimum Gasteiger partial charge on any atom is -0.336 e. The van der Waals surface area contributed by atoms with Crippen molar-refractivity contribution in [3.05, 3.63) is 0 Å². The molecule has 0 atom stereocenters. The molecule has 0 heterocycles. The van der Waals surface area contributed by atoms with Crippen molar-refractivity contribution in [2.45, 2.75) is 46.5 Å². The molecule has 6 amide bonds. The molecular formula is C17H30N6O9. The van der Waals surface area contributed by atoms with Crippen LogP contribution in [-0.4, -0.2) is 86.3 Å². The van der Waals surface area contributed by atoms with Gasteiger partial charge in [-0.25, -0.2) is 15.2 Å². The molecule has 182 valence electrons. The number of carbonyl (C=O) groups is 6. The van der Waals surface area contributed by atoms with E-state index in [2.05, 4.69) is 16.0 Å². The molecule has 0 rings (SSSR count). The summed E-state index contributed by atoms with van der Waals surface area (Å²) in [6.07, 6.45) is -1.50. The van der Waals surface area contributed by atoms with E-state index in [0.717, 1.165) is 6.92 Å². The predicted molar refractivity (Wildman–Crippen MR) is 104 cm³/mol. The van der Waals surface area contributed by atoms with Crippen LogP contribution in [0.2, 0.25) is 0 Å². The standard InChI is InChI=1S/C17H30N6O9/c1-11(2)17(29)20-10-23(32)16(28)7-5-14(26)19-9-22(31)15(27)6-4-13(25)18-8-21(30)12(3)24/h11,30-32H,4-10H2,1-3H3,(H,18,25)(H,19,26)(H,20,29). The summed E-state index contributed by atoms with van der Waals surface area (Å²) in [6.45, 7) is 2.84. The van der Waals surface area contributed by atoms with E-state index in [1.54, 1.807) is 13.8 Å². The van der Waals surface area contributed by atoms with Crippen molar-refractivity contribution in [1.29, 1.82) is 0 Å². The Hall–Kier alpha value is -3.30. The molecule has 0 aliphatic heterocycles. The molecule has 0 saturated heterocycles. The van der Waals surface area contributed by atoms with Gasteiger partial charge in [0.25, 0.3) is 0 Å². The van der Waals surface area contributed by atoms with Gasteiger partial charge in [0.2, 0.25) is 35.4 Å². The van der Waals surface area contributed by atoms with Crippen molar-refractivity contribution in [3.8, 4) is 0 Å². The third kappa shape index (κ3) is 12.4. The zero-order valence-corrected chi connectivity index (χ0v) is 18.2. The Morgan fingerprint density at radius 1 is 0.656 bits per heavy atom. The van der Waals surface area contributed by atoms with E-state index < -0.39 is 56.0 Å². The maximum Gasteiger partial charge on any atom is 0.248 e. The zero-order chi connectivity index (χ0) is 24.8. The fourth-order valence-electron chi connectivity index (χ4n) is 1.85. The van der Waals surface area contributed by atoms with Gasteiger partial charge in [0.15, 0.2) is 0 Å². The Bertz CT molecular complexity index is 700. The van der Waals surface area contributed by atoms with Gasteiger partial charge in [-0.2, -0.15) is 0 Å². The van der Waals surface area contributed by atoms with Crippen molar-refractivity contribution >= 4 is 35.4 Å². The van der Waals surface area contributed by atoms with Crippen LogP contribution in [0.4, 0.5) is 0 Å². The molecule has 0 unspecified atom stereocenters. The van der Waals surface area contributed by atoms with E-state index in [-0.39, 0.29) is 46.3 Å². The topological polar surface area (TPSA) is 209 Å². The molecule has 0 radical (unpaired) electrons. The first-order chi connectivity index (χ1) is 14.8. The highest BCUT2D eigenvalue weighted by Crippen LogP contribution is 1.98. The minimum absolute atomic E-state index is 0.167. The lowest BCUT2D eigenvalue weighted by atomic mass is 10.2. The maximum atomic E-state index is 11.7. The fourth-order valence-corrected chi connectivity index (χ4v) is 1.85. The molecule has 0 aromatic rings. The third-order valence-corrected chi connectivity index (χ3v) is 3.85. The molecule has 0 saturated carbocycles. The van der Waals surface area contributed by atoms with Gasteiger partial charge < -0.3 is 16.0 Å². The lowest BCUT2D eigenvalue weighted by molar-refractivity contribution is -0.170. The summed E-state index contributed by atoms with van der Waals surface area (Å²) in [5.41, 5.74) is 0. The number of hydrogen-bond donors (Lipinski definition) is 6. The number of carbonyl (C=O) groups excluding carboxylic acids is 6. The summed E-state index contributed by atoms with van der Waals surface area (Å²) >= 11 is 0. The summed E-state index contributed by atoms with van der Waals surface area (Å²) in [6, 6.07) is 0. The van der Waals surface area contributed by atoms with Gasteiger partial charge in [0.05, 0.1) is 0 Å². The molecule has 0 bridgehead atoms. The van der Waals surface area contributed by atoms with Crippen molar-refractivity contribution in [2.75, 3.05) is 20.0 Å².